The van der Waals surface area contributed by atoms with Crippen LogP contribution in [0.2, 0.25) is 0 Å². The van der Waals surface area contributed by atoms with Crippen molar-refractivity contribution in [3.8, 4) is 0 Å². The van der Waals surface area contributed by atoms with Crippen molar-refractivity contribution >= 4 is 10.0 Å². The molecule has 16 heavy (non-hydrogen) atoms. The lowest BCUT2D eigenvalue weighted by Gasteiger charge is -2.07. The molecule has 1 aliphatic rings. The highest BCUT2D eigenvalue weighted by Gasteiger charge is 2.27. The maximum atomic E-state index is 11.8. The zero-order valence-corrected chi connectivity index (χ0v) is 9.87. The summed E-state index contributed by atoms with van der Waals surface area (Å²) in [4.78, 5) is 0.254. The van der Waals surface area contributed by atoms with Crippen molar-refractivity contribution < 1.29 is 13.5 Å². The standard InChI is InChI=1S/C11H15NO3S/c1-8(13)9-2-6-11(7-3-9)16(14,15)12-10-4-5-10/h2-3,6-8,10,12-13H,4-5H2,1H3. The van der Waals surface area contributed by atoms with Crippen LogP contribution in [0, 0.1) is 0 Å². The molecule has 1 unspecified atom stereocenters. The van der Waals surface area contributed by atoms with Gasteiger partial charge in [-0.15, -0.1) is 0 Å². The van der Waals surface area contributed by atoms with Gasteiger partial charge in [0.25, 0.3) is 0 Å². The average Bonchev–Trinajstić information content (AvgIpc) is 3.01. The topological polar surface area (TPSA) is 66.4 Å². The Labute approximate surface area is 95.4 Å². The number of hydrogen-bond acceptors (Lipinski definition) is 3. The summed E-state index contributed by atoms with van der Waals surface area (Å²) in [6.45, 7) is 1.64. The number of aliphatic hydroxyl groups is 1. The number of hydrogen-bond donors (Lipinski definition) is 2. The minimum atomic E-state index is -3.37. The van der Waals surface area contributed by atoms with Crippen molar-refractivity contribution in [1.82, 2.24) is 4.72 Å². The Morgan fingerprint density at radius 1 is 1.31 bits per heavy atom. The molecule has 0 saturated heterocycles. The van der Waals surface area contributed by atoms with Crippen molar-refractivity contribution in [2.24, 2.45) is 0 Å². The first-order chi connectivity index (χ1) is 7.49. The molecule has 1 aromatic rings. The molecule has 4 nitrogen and oxygen atoms in total. The molecule has 0 spiro atoms. The van der Waals surface area contributed by atoms with Crippen molar-refractivity contribution in [1.29, 1.82) is 0 Å². The van der Waals surface area contributed by atoms with Crippen LogP contribution in [-0.2, 0) is 10.0 Å². The smallest absolute Gasteiger partial charge is 0.240 e. The summed E-state index contributed by atoms with van der Waals surface area (Å²) in [5.74, 6) is 0. The highest BCUT2D eigenvalue weighted by atomic mass is 32.2. The third kappa shape index (κ3) is 2.61. The van der Waals surface area contributed by atoms with E-state index < -0.39 is 16.1 Å². The lowest BCUT2D eigenvalue weighted by Crippen LogP contribution is -2.25. The SMILES string of the molecule is CC(O)c1ccc(S(=O)(=O)NC2CC2)cc1. The second-order valence-corrected chi connectivity index (χ2v) is 5.85. The Bertz CT molecular complexity index is 461. The Hall–Kier alpha value is -0.910. The molecule has 1 aromatic carbocycles. The fourth-order valence-corrected chi connectivity index (χ4v) is 2.72. The van der Waals surface area contributed by atoms with Gasteiger partial charge in [-0.05, 0) is 37.5 Å². The number of nitrogens with one attached hydrogen (secondary N) is 1. The zero-order valence-electron chi connectivity index (χ0n) is 9.05. The van der Waals surface area contributed by atoms with Gasteiger partial charge in [0.2, 0.25) is 10.0 Å². The highest BCUT2D eigenvalue weighted by molar-refractivity contribution is 7.89. The van der Waals surface area contributed by atoms with Gasteiger partial charge in [0, 0.05) is 6.04 Å². The van der Waals surface area contributed by atoms with Crippen LogP contribution < -0.4 is 4.72 Å². The van der Waals surface area contributed by atoms with Crippen LogP contribution >= 0.6 is 0 Å². The van der Waals surface area contributed by atoms with Crippen LogP contribution in [0.1, 0.15) is 31.4 Å². The Morgan fingerprint density at radius 2 is 1.88 bits per heavy atom. The van der Waals surface area contributed by atoms with Gasteiger partial charge in [0.05, 0.1) is 11.0 Å². The predicted octanol–water partition coefficient (Wildman–Crippen LogP) is 1.18. The van der Waals surface area contributed by atoms with Gasteiger partial charge in [-0.25, -0.2) is 13.1 Å². The molecule has 0 amide bonds. The Balaban J connectivity index is 2.19. The summed E-state index contributed by atoms with van der Waals surface area (Å²) in [5, 5.41) is 9.31. The van der Waals surface area contributed by atoms with Crippen LogP contribution in [0.4, 0.5) is 0 Å². The summed E-state index contributed by atoms with van der Waals surface area (Å²) >= 11 is 0. The second kappa shape index (κ2) is 4.16. The number of sulfonamides is 1. The largest absolute Gasteiger partial charge is 0.389 e. The molecule has 2 N–H and O–H groups in total. The first-order valence-corrected chi connectivity index (χ1v) is 6.78. The van der Waals surface area contributed by atoms with Gasteiger partial charge in [-0.2, -0.15) is 0 Å². The van der Waals surface area contributed by atoms with E-state index in [9.17, 15) is 13.5 Å². The monoisotopic (exact) mass is 241 g/mol. The second-order valence-electron chi connectivity index (χ2n) is 4.14. The van der Waals surface area contributed by atoms with Crippen molar-refractivity contribution in [2.75, 3.05) is 0 Å². The van der Waals surface area contributed by atoms with Crippen LogP contribution in [-0.4, -0.2) is 19.6 Å². The summed E-state index contributed by atoms with van der Waals surface area (Å²) in [6, 6.07) is 6.42. The summed E-state index contributed by atoms with van der Waals surface area (Å²) < 4.78 is 26.2. The Morgan fingerprint density at radius 3 is 2.31 bits per heavy atom. The van der Waals surface area contributed by atoms with E-state index in [4.69, 9.17) is 0 Å². The fourth-order valence-electron chi connectivity index (χ4n) is 1.41. The summed E-state index contributed by atoms with van der Waals surface area (Å²) in [6.07, 6.45) is 1.27. The van der Waals surface area contributed by atoms with Gasteiger partial charge in [0.1, 0.15) is 0 Å². The molecule has 5 heteroatoms. The lowest BCUT2D eigenvalue weighted by atomic mass is 10.1. The molecule has 0 radical (unpaired) electrons. The van der Waals surface area contributed by atoms with Gasteiger partial charge in [0.15, 0.2) is 0 Å². The lowest BCUT2D eigenvalue weighted by molar-refractivity contribution is 0.199. The molecule has 1 atom stereocenters. The fraction of sp³-hybridized carbons (Fsp3) is 0.455. The van der Waals surface area contributed by atoms with E-state index in [-0.39, 0.29) is 10.9 Å². The predicted molar refractivity (Wildman–Crippen MR) is 60.4 cm³/mol. The first-order valence-electron chi connectivity index (χ1n) is 5.29. The van der Waals surface area contributed by atoms with E-state index in [1.165, 1.54) is 12.1 Å². The molecular formula is C11H15NO3S. The highest BCUT2D eigenvalue weighted by Crippen LogP contribution is 2.22. The molecule has 0 heterocycles. The molecule has 88 valence electrons. The number of rotatable bonds is 4. The van der Waals surface area contributed by atoms with Crippen molar-refractivity contribution in [3.05, 3.63) is 29.8 Å². The average molecular weight is 241 g/mol. The minimum Gasteiger partial charge on any atom is -0.389 e. The van der Waals surface area contributed by atoms with Gasteiger partial charge in [-0.3, -0.25) is 0 Å². The van der Waals surface area contributed by atoms with Gasteiger partial charge in [-0.1, -0.05) is 12.1 Å². The van der Waals surface area contributed by atoms with Crippen molar-refractivity contribution in [2.45, 2.75) is 36.8 Å². The van der Waals surface area contributed by atoms with Crippen LogP contribution in [0.15, 0.2) is 29.2 Å². The van der Waals surface area contributed by atoms with Crippen LogP contribution in [0.3, 0.4) is 0 Å². The molecule has 1 fully saturated rings. The van der Waals surface area contributed by atoms with Gasteiger partial charge < -0.3 is 5.11 Å². The number of benzene rings is 1. The molecule has 0 aliphatic heterocycles. The molecule has 0 bridgehead atoms. The maximum Gasteiger partial charge on any atom is 0.240 e. The third-order valence-electron chi connectivity index (χ3n) is 2.57. The van der Waals surface area contributed by atoms with E-state index in [1.807, 2.05) is 0 Å². The first kappa shape index (κ1) is 11.6. The van der Waals surface area contributed by atoms with E-state index in [1.54, 1.807) is 19.1 Å². The van der Waals surface area contributed by atoms with E-state index in [2.05, 4.69) is 4.72 Å². The summed E-state index contributed by atoms with van der Waals surface area (Å²) in [5.41, 5.74) is 0.713. The summed E-state index contributed by atoms with van der Waals surface area (Å²) in [7, 11) is -3.37. The van der Waals surface area contributed by atoms with Crippen LogP contribution in [0.5, 0.6) is 0 Å². The van der Waals surface area contributed by atoms with Crippen LogP contribution in [0.25, 0.3) is 0 Å². The normalized spacial score (nSPS) is 18.4. The van der Waals surface area contributed by atoms with E-state index >= 15 is 0 Å². The molecule has 0 aromatic heterocycles. The van der Waals surface area contributed by atoms with Crippen molar-refractivity contribution in [3.63, 3.8) is 0 Å². The third-order valence-corrected chi connectivity index (χ3v) is 4.11. The molecule has 2 rings (SSSR count). The molecule has 1 saturated carbocycles. The zero-order chi connectivity index (χ0) is 11.8. The Kier molecular flexibility index (Phi) is 3.01. The quantitative estimate of drug-likeness (QED) is 0.832. The number of aliphatic hydroxyl groups excluding tert-OH is 1. The van der Waals surface area contributed by atoms with Gasteiger partial charge >= 0.3 is 0 Å². The van der Waals surface area contributed by atoms with E-state index in [0.29, 0.717) is 5.56 Å². The van der Waals surface area contributed by atoms with E-state index in [0.717, 1.165) is 12.8 Å². The molecular weight excluding hydrogens is 226 g/mol. The maximum absolute atomic E-state index is 11.8. The molecule has 1 aliphatic carbocycles. The minimum absolute atomic E-state index is 0.112.